The van der Waals surface area contributed by atoms with E-state index >= 15 is 0 Å². The van der Waals surface area contributed by atoms with Crippen LogP contribution < -0.4 is 10.6 Å². The van der Waals surface area contributed by atoms with Gasteiger partial charge < -0.3 is 10.6 Å². The fraction of sp³-hybridized carbons (Fsp3) is 1.00. The average Bonchev–Trinajstić information content (AvgIpc) is 2.28. The quantitative estimate of drug-likeness (QED) is 0.622. The molecule has 0 aromatic heterocycles. The molecule has 0 aromatic rings. The zero-order valence-corrected chi connectivity index (χ0v) is 11.2. The van der Waals surface area contributed by atoms with Crippen molar-refractivity contribution in [2.24, 2.45) is 0 Å². The van der Waals surface area contributed by atoms with Gasteiger partial charge in [0.2, 0.25) is 0 Å². The number of hydrogen-bond acceptors (Lipinski definition) is 2. The molecule has 2 atom stereocenters. The predicted molar refractivity (Wildman–Crippen MR) is 71.9 cm³/mol. The zero-order valence-electron chi connectivity index (χ0n) is 11.2. The predicted octanol–water partition coefficient (Wildman–Crippen LogP) is 3.08. The van der Waals surface area contributed by atoms with Crippen molar-refractivity contribution in [3.8, 4) is 0 Å². The van der Waals surface area contributed by atoms with Gasteiger partial charge in [-0.3, -0.25) is 0 Å². The molecule has 2 unspecified atom stereocenters. The minimum Gasteiger partial charge on any atom is -0.315 e. The van der Waals surface area contributed by atoms with Crippen molar-refractivity contribution >= 4 is 0 Å². The van der Waals surface area contributed by atoms with Gasteiger partial charge in [-0.1, -0.05) is 39.0 Å². The molecule has 0 aromatic carbocycles. The standard InChI is InChI=1S/C14H30N2/c1-3-4-5-6-7-11-15-12-14-10-8-9-13(2)16-14/h13-16H,3-12H2,1-2H3. The van der Waals surface area contributed by atoms with Crippen LogP contribution in [0.3, 0.4) is 0 Å². The third kappa shape index (κ3) is 6.49. The van der Waals surface area contributed by atoms with Crippen LogP contribution in [0.4, 0.5) is 0 Å². The zero-order chi connectivity index (χ0) is 11.6. The molecule has 16 heavy (non-hydrogen) atoms. The van der Waals surface area contributed by atoms with E-state index < -0.39 is 0 Å². The van der Waals surface area contributed by atoms with Gasteiger partial charge in [0.05, 0.1) is 0 Å². The fourth-order valence-electron chi connectivity index (χ4n) is 2.53. The summed E-state index contributed by atoms with van der Waals surface area (Å²) >= 11 is 0. The van der Waals surface area contributed by atoms with E-state index in [0.717, 1.165) is 18.6 Å². The van der Waals surface area contributed by atoms with Gasteiger partial charge in [-0.25, -0.2) is 0 Å². The molecule has 0 saturated carbocycles. The molecule has 2 nitrogen and oxygen atoms in total. The Bertz CT molecular complexity index is 159. The maximum Gasteiger partial charge on any atom is 0.0194 e. The van der Waals surface area contributed by atoms with Crippen molar-refractivity contribution in [1.82, 2.24) is 10.6 Å². The molecule has 0 amide bonds. The molecule has 1 saturated heterocycles. The van der Waals surface area contributed by atoms with Gasteiger partial charge in [0.25, 0.3) is 0 Å². The van der Waals surface area contributed by atoms with Crippen LogP contribution in [0, 0.1) is 0 Å². The minimum atomic E-state index is 0.722. The van der Waals surface area contributed by atoms with E-state index in [1.807, 2.05) is 0 Å². The molecular weight excluding hydrogens is 196 g/mol. The summed E-state index contributed by atoms with van der Waals surface area (Å²) in [5.74, 6) is 0. The third-order valence-electron chi connectivity index (χ3n) is 3.56. The molecule has 1 fully saturated rings. The molecule has 0 bridgehead atoms. The van der Waals surface area contributed by atoms with Gasteiger partial charge in [0, 0.05) is 18.6 Å². The second-order valence-electron chi connectivity index (χ2n) is 5.31. The van der Waals surface area contributed by atoms with Crippen molar-refractivity contribution < 1.29 is 0 Å². The molecule has 1 heterocycles. The lowest BCUT2D eigenvalue weighted by molar-refractivity contribution is 0.324. The van der Waals surface area contributed by atoms with Gasteiger partial charge in [-0.05, 0) is 32.7 Å². The lowest BCUT2D eigenvalue weighted by Crippen LogP contribution is -2.46. The lowest BCUT2D eigenvalue weighted by Gasteiger charge is -2.29. The largest absolute Gasteiger partial charge is 0.315 e. The number of hydrogen-bond donors (Lipinski definition) is 2. The summed E-state index contributed by atoms with van der Waals surface area (Å²) in [7, 11) is 0. The summed E-state index contributed by atoms with van der Waals surface area (Å²) < 4.78 is 0. The van der Waals surface area contributed by atoms with E-state index in [0.29, 0.717) is 0 Å². The van der Waals surface area contributed by atoms with E-state index in [1.165, 1.54) is 57.9 Å². The molecule has 1 rings (SSSR count). The van der Waals surface area contributed by atoms with E-state index in [1.54, 1.807) is 0 Å². The van der Waals surface area contributed by atoms with Crippen LogP contribution in [-0.4, -0.2) is 25.2 Å². The highest BCUT2D eigenvalue weighted by Crippen LogP contribution is 2.11. The Kier molecular flexibility index (Phi) is 7.87. The first-order chi connectivity index (χ1) is 7.83. The maximum atomic E-state index is 3.67. The normalized spacial score (nSPS) is 25.9. The highest BCUT2D eigenvalue weighted by Gasteiger charge is 2.16. The van der Waals surface area contributed by atoms with Gasteiger partial charge >= 0.3 is 0 Å². The first kappa shape index (κ1) is 14.0. The first-order valence-corrected chi connectivity index (χ1v) is 7.29. The first-order valence-electron chi connectivity index (χ1n) is 7.29. The van der Waals surface area contributed by atoms with Crippen LogP contribution in [0.25, 0.3) is 0 Å². The smallest absolute Gasteiger partial charge is 0.0194 e. The molecule has 0 aliphatic carbocycles. The SMILES string of the molecule is CCCCCCCNCC1CCCC(C)N1. The lowest BCUT2D eigenvalue weighted by atomic mass is 10.00. The molecule has 0 spiro atoms. The number of rotatable bonds is 8. The van der Waals surface area contributed by atoms with Crippen LogP contribution in [0.2, 0.25) is 0 Å². The molecule has 0 radical (unpaired) electrons. The van der Waals surface area contributed by atoms with Crippen LogP contribution in [0.1, 0.15) is 65.2 Å². The van der Waals surface area contributed by atoms with Crippen molar-refractivity contribution in [3.05, 3.63) is 0 Å². The topological polar surface area (TPSA) is 24.1 Å². The van der Waals surface area contributed by atoms with E-state index in [-0.39, 0.29) is 0 Å². The monoisotopic (exact) mass is 226 g/mol. The number of unbranched alkanes of at least 4 members (excludes halogenated alkanes) is 4. The molecule has 2 heteroatoms. The second kappa shape index (κ2) is 9.00. The average molecular weight is 226 g/mol. The van der Waals surface area contributed by atoms with Crippen LogP contribution >= 0.6 is 0 Å². The molecule has 1 aliphatic rings. The Balaban J connectivity index is 1.86. The van der Waals surface area contributed by atoms with Crippen LogP contribution in [-0.2, 0) is 0 Å². The number of piperidine rings is 1. The summed E-state index contributed by atoms with van der Waals surface area (Å²) in [6.07, 6.45) is 11.0. The molecule has 1 aliphatic heterocycles. The fourth-order valence-corrected chi connectivity index (χ4v) is 2.53. The van der Waals surface area contributed by atoms with Crippen molar-refractivity contribution in [1.29, 1.82) is 0 Å². The van der Waals surface area contributed by atoms with Gasteiger partial charge in [-0.2, -0.15) is 0 Å². The van der Waals surface area contributed by atoms with Gasteiger partial charge in [0.1, 0.15) is 0 Å². The van der Waals surface area contributed by atoms with Crippen molar-refractivity contribution in [2.45, 2.75) is 77.3 Å². The van der Waals surface area contributed by atoms with E-state index in [4.69, 9.17) is 0 Å². The Morgan fingerprint density at radius 1 is 1.12 bits per heavy atom. The van der Waals surface area contributed by atoms with Crippen LogP contribution in [0.15, 0.2) is 0 Å². The Morgan fingerprint density at radius 2 is 1.94 bits per heavy atom. The summed E-state index contributed by atoms with van der Waals surface area (Å²) in [5.41, 5.74) is 0. The molecular formula is C14H30N2. The van der Waals surface area contributed by atoms with E-state index in [2.05, 4.69) is 24.5 Å². The second-order valence-corrected chi connectivity index (χ2v) is 5.31. The minimum absolute atomic E-state index is 0.722. The molecule has 96 valence electrons. The van der Waals surface area contributed by atoms with Crippen molar-refractivity contribution in [2.75, 3.05) is 13.1 Å². The highest BCUT2D eigenvalue weighted by molar-refractivity contribution is 4.79. The van der Waals surface area contributed by atoms with E-state index in [9.17, 15) is 0 Å². The van der Waals surface area contributed by atoms with Gasteiger partial charge in [-0.15, -0.1) is 0 Å². The molecule has 2 N–H and O–H groups in total. The Labute approximate surface area is 102 Å². The number of nitrogens with one attached hydrogen (secondary N) is 2. The summed E-state index contributed by atoms with van der Waals surface area (Å²) in [4.78, 5) is 0. The summed E-state index contributed by atoms with van der Waals surface area (Å²) in [6, 6.07) is 1.45. The van der Waals surface area contributed by atoms with Crippen molar-refractivity contribution in [3.63, 3.8) is 0 Å². The van der Waals surface area contributed by atoms with Crippen LogP contribution in [0.5, 0.6) is 0 Å². The third-order valence-corrected chi connectivity index (χ3v) is 3.56. The highest BCUT2D eigenvalue weighted by atomic mass is 15.0. The van der Waals surface area contributed by atoms with Gasteiger partial charge in [0.15, 0.2) is 0 Å². The Morgan fingerprint density at radius 3 is 2.69 bits per heavy atom. The summed E-state index contributed by atoms with van der Waals surface area (Å²) in [5, 5.41) is 7.26. The summed E-state index contributed by atoms with van der Waals surface area (Å²) in [6.45, 7) is 6.94. The Hall–Kier alpha value is -0.0800. The maximum absolute atomic E-state index is 3.67.